The third-order valence-electron chi connectivity index (χ3n) is 3.65. The van der Waals surface area contributed by atoms with E-state index in [9.17, 15) is 4.79 Å². The lowest BCUT2D eigenvalue weighted by atomic mass is 9.87. The Labute approximate surface area is 129 Å². The molecule has 1 aromatic rings. The van der Waals surface area contributed by atoms with Gasteiger partial charge in [0.15, 0.2) is 0 Å². The first-order valence-electron chi connectivity index (χ1n) is 7.61. The summed E-state index contributed by atoms with van der Waals surface area (Å²) in [7, 11) is 1.85. The SMILES string of the molecule is CN(Cc1ccc(C(C)(C)C)cc1)C(=O)CCC(C)(C)N. The minimum atomic E-state index is -0.287. The van der Waals surface area contributed by atoms with Gasteiger partial charge in [-0.3, -0.25) is 4.79 Å². The minimum absolute atomic E-state index is 0.147. The lowest BCUT2D eigenvalue weighted by Gasteiger charge is -2.22. The number of carbonyl (C=O) groups is 1. The van der Waals surface area contributed by atoms with Crippen LogP contribution in [0.25, 0.3) is 0 Å². The van der Waals surface area contributed by atoms with E-state index < -0.39 is 0 Å². The van der Waals surface area contributed by atoms with Crippen molar-refractivity contribution in [1.82, 2.24) is 4.90 Å². The van der Waals surface area contributed by atoms with E-state index in [2.05, 4.69) is 45.0 Å². The smallest absolute Gasteiger partial charge is 0.222 e. The number of nitrogens with two attached hydrogens (primary N) is 1. The minimum Gasteiger partial charge on any atom is -0.341 e. The van der Waals surface area contributed by atoms with Crippen LogP contribution < -0.4 is 5.73 Å². The third kappa shape index (κ3) is 6.30. The average molecular weight is 290 g/mol. The van der Waals surface area contributed by atoms with Crippen LogP contribution in [0, 0.1) is 0 Å². The molecule has 0 heterocycles. The normalized spacial score (nSPS) is 12.3. The van der Waals surface area contributed by atoms with Crippen LogP contribution in [0.4, 0.5) is 0 Å². The molecule has 2 N–H and O–H groups in total. The Morgan fingerprint density at radius 1 is 1.10 bits per heavy atom. The number of rotatable bonds is 5. The van der Waals surface area contributed by atoms with E-state index in [1.54, 1.807) is 4.90 Å². The van der Waals surface area contributed by atoms with Crippen LogP contribution in [-0.2, 0) is 16.8 Å². The maximum Gasteiger partial charge on any atom is 0.222 e. The van der Waals surface area contributed by atoms with Crippen LogP contribution in [0.15, 0.2) is 24.3 Å². The van der Waals surface area contributed by atoms with Crippen molar-refractivity contribution in [1.29, 1.82) is 0 Å². The molecule has 0 unspecified atom stereocenters. The first-order valence-corrected chi connectivity index (χ1v) is 7.61. The van der Waals surface area contributed by atoms with E-state index >= 15 is 0 Å². The summed E-state index contributed by atoms with van der Waals surface area (Å²) in [6.07, 6.45) is 1.21. The predicted molar refractivity (Wildman–Crippen MR) is 89.1 cm³/mol. The summed E-state index contributed by atoms with van der Waals surface area (Å²) < 4.78 is 0. The standard InChI is InChI=1S/C18H30N2O/c1-17(2,3)15-9-7-14(8-10-15)13-20(6)16(21)11-12-18(4,5)19/h7-10H,11-13,19H2,1-6H3. The Balaban J connectivity index is 2.58. The molecule has 0 saturated carbocycles. The molecule has 0 aliphatic carbocycles. The fraction of sp³-hybridized carbons (Fsp3) is 0.611. The van der Waals surface area contributed by atoms with Crippen molar-refractivity contribution in [2.24, 2.45) is 5.73 Å². The molecular formula is C18H30N2O. The largest absolute Gasteiger partial charge is 0.341 e. The lowest BCUT2D eigenvalue weighted by Crippen LogP contribution is -2.34. The quantitative estimate of drug-likeness (QED) is 0.902. The second-order valence-corrected chi connectivity index (χ2v) is 7.69. The van der Waals surface area contributed by atoms with Gasteiger partial charge in [0.2, 0.25) is 5.91 Å². The van der Waals surface area contributed by atoms with E-state index in [1.807, 2.05) is 20.9 Å². The Kier molecular flexibility index (Phi) is 5.57. The van der Waals surface area contributed by atoms with E-state index in [4.69, 9.17) is 5.73 Å². The molecule has 21 heavy (non-hydrogen) atoms. The highest BCUT2D eigenvalue weighted by Crippen LogP contribution is 2.22. The Hall–Kier alpha value is -1.35. The zero-order chi connectivity index (χ0) is 16.3. The number of hydrogen-bond donors (Lipinski definition) is 1. The second-order valence-electron chi connectivity index (χ2n) is 7.69. The molecule has 0 fully saturated rings. The van der Waals surface area contributed by atoms with Crippen LogP contribution in [0.1, 0.15) is 58.6 Å². The highest BCUT2D eigenvalue weighted by Gasteiger charge is 2.16. The molecule has 1 rings (SSSR count). The zero-order valence-electron chi connectivity index (χ0n) is 14.4. The van der Waals surface area contributed by atoms with Gasteiger partial charge in [-0.2, -0.15) is 0 Å². The monoisotopic (exact) mass is 290 g/mol. The van der Waals surface area contributed by atoms with Crippen molar-refractivity contribution in [3.63, 3.8) is 0 Å². The zero-order valence-corrected chi connectivity index (χ0v) is 14.4. The van der Waals surface area contributed by atoms with Crippen molar-refractivity contribution in [3.8, 4) is 0 Å². The average Bonchev–Trinajstić information content (AvgIpc) is 2.34. The number of benzene rings is 1. The number of carbonyl (C=O) groups excluding carboxylic acids is 1. The van der Waals surface area contributed by atoms with E-state index in [1.165, 1.54) is 5.56 Å². The number of nitrogens with zero attached hydrogens (tertiary/aromatic N) is 1. The van der Waals surface area contributed by atoms with Gasteiger partial charge >= 0.3 is 0 Å². The van der Waals surface area contributed by atoms with Crippen LogP contribution in [-0.4, -0.2) is 23.4 Å². The van der Waals surface area contributed by atoms with E-state index in [0.717, 1.165) is 5.56 Å². The van der Waals surface area contributed by atoms with Gasteiger partial charge in [-0.15, -0.1) is 0 Å². The van der Waals surface area contributed by atoms with E-state index in [-0.39, 0.29) is 16.9 Å². The molecule has 0 aliphatic rings. The number of amides is 1. The topological polar surface area (TPSA) is 46.3 Å². The van der Waals surface area contributed by atoms with Gasteiger partial charge in [-0.05, 0) is 36.8 Å². The molecule has 0 aromatic heterocycles. The van der Waals surface area contributed by atoms with Gasteiger partial charge in [0, 0.05) is 25.6 Å². The van der Waals surface area contributed by atoms with Crippen molar-refractivity contribution in [2.75, 3.05) is 7.05 Å². The first kappa shape index (κ1) is 17.7. The Morgan fingerprint density at radius 3 is 2.05 bits per heavy atom. The summed E-state index contributed by atoms with van der Waals surface area (Å²) in [5.41, 5.74) is 8.26. The summed E-state index contributed by atoms with van der Waals surface area (Å²) in [4.78, 5) is 13.9. The van der Waals surface area contributed by atoms with Crippen molar-refractivity contribution in [2.45, 2.75) is 65.0 Å². The van der Waals surface area contributed by atoms with Crippen LogP contribution >= 0.6 is 0 Å². The lowest BCUT2D eigenvalue weighted by molar-refractivity contribution is -0.130. The summed E-state index contributed by atoms with van der Waals surface area (Å²) in [6, 6.07) is 8.52. The molecule has 3 nitrogen and oxygen atoms in total. The maximum atomic E-state index is 12.1. The molecule has 1 amide bonds. The highest BCUT2D eigenvalue weighted by atomic mass is 16.2. The van der Waals surface area contributed by atoms with E-state index in [0.29, 0.717) is 19.4 Å². The van der Waals surface area contributed by atoms with Crippen LogP contribution in [0.5, 0.6) is 0 Å². The van der Waals surface area contributed by atoms with Crippen molar-refractivity contribution < 1.29 is 4.79 Å². The summed E-state index contributed by atoms with van der Waals surface area (Å²) in [5.74, 6) is 0.147. The predicted octanol–water partition coefficient (Wildman–Crippen LogP) is 3.46. The molecule has 0 aliphatic heterocycles. The second kappa shape index (κ2) is 6.61. The Bertz CT molecular complexity index is 463. The van der Waals surface area contributed by atoms with Gasteiger partial charge in [0.25, 0.3) is 0 Å². The molecule has 0 atom stereocenters. The maximum absolute atomic E-state index is 12.1. The fourth-order valence-corrected chi connectivity index (χ4v) is 2.09. The van der Waals surface area contributed by atoms with Crippen molar-refractivity contribution in [3.05, 3.63) is 35.4 Å². The molecule has 3 heteroatoms. The molecular weight excluding hydrogens is 260 g/mol. The van der Waals surface area contributed by atoms with Gasteiger partial charge in [0.1, 0.15) is 0 Å². The fourth-order valence-electron chi connectivity index (χ4n) is 2.09. The summed E-state index contributed by atoms with van der Waals surface area (Å²) in [5, 5.41) is 0. The molecule has 1 aromatic carbocycles. The first-order chi connectivity index (χ1) is 9.49. The van der Waals surface area contributed by atoms with Crippen LogP contribution in [0.3, 0.4) is 0 Å². The van der Waals surface area contributed by atoms with Gasteiger partial charge in [-0.1, -0.05) is 45.0 Å². The van der Waals surface area contributed by atoms with Crippen molar-refractivity contribution >= 4 is 5.91 Å². The van der Waals surface area contributed by atoms with Gasteiger partial charge < -0.3 is 10.6 Å². The molecule has 0 saturated heterocycles. The molecule has 0 radical (unpaired) electrons. The summed E-state index contributed by atoms with van der Waals surface area (Å²) >= 11 is 0. The summed E-state index contributed by atoms with van der Waals surface area (Å²) in [6.45, 7) is 11.1. The third-order valence-corrected chi connectivity index (χ3v) is 3.65. The molecule has 118 valence electrons. The highest BCUT2D eigenvalue weighted by molar-refractivity contribution is 5.75. The van der Waals surface area contributed by atoms with Crippen LogP contribution in [0.2, 0.25) is 0 Å². The number of hydrogen-bond acceptors (Lipinski definition) is 2. The van der Waals surface area contributed by atoms with Gasteiger partial charge in [-0.25, -0.2) is 0 Å². The van der Waals surface area contributed by atoms with Gasteiger partial charge in [0.05, 0.1) is 0 Å². The molecule has 0 bridgehead atoms. The molecule has 0 spiro atoms. The Morgan fingerprint density at radius 2 is 1.62 bits per heavy atom.